The van der Waals surface area contributed by atoms with Gasteiger partial charge in [0, 0.05) is 13.1 Å². The lowest BCUT2D eigenvalue weighted by atomic mass is 9.86. The molecule has 0 bridgehead atoms. The van der Waals surface area contributed by atoms with Crippen LogP contribution in [0.3, 0.4) is 0 Å². The van der Waals surface area contributed by atoms with E-state index in [4.69, 9.17) is 5.73 Å². The number of nitrogens with zero attached hydrogens (tertiary/aromatic N) is 1. The van der Waals surface area contributed by atoms with E-state index in [1.165, 1.54) is 0 Å². The van der Waals surface area contributed by atoms with Crippen molar-refractivity contribution in [2.75, 3.05) is 13.1 Å². The van der Waals surface area contributed by atoms with Crippen molar-refractivity contribution in [3.63, 3.8) is 0 Å². The third-order valence-electron chi connectivity index (χ3n) is 7.11. The van der Waals surface area contributed by atoms with E-state index in [9.17, 15) is 19.2 Å². The van der Waals surface area contributed by atoms with Gasteiger partial charge < -0.3 is 21.3 Å². The Kier molecular flexibility index (Phi) is 8.27. The summed E-state index contributed by atoms with van der Waals surface area (Å²) in [7, 11) is 0. The van der Waals surface area contributed by atoms with Crippen molar-refractivity contribution in [2.24, 2.45) is 28.4 Å². The van der Waals surface area contributed by atoms with Crippen molar-refractivity contribution >= 4 is 23.5 Å². The normalized spacial score (nSPS) is 24.8. The first-order valence-corrected chi connectivity index (χ1v) is 11.7. The number of rotatable bonds is 11. The van der Waals surface area contributed by atoms with Gasteiger partial charge in [-0.3, -0.25) is 19.2 Å². The zero-order valence-electron chi connectivity index (χ0n) is 20.6. The molecule has 1 saturated heterocycles. The molecular weight excluding hydrogens is 420 g/mol. The van der Waals surface area contributed by atoms with Crippen LogP contribution in [0, 0.1) is 22.7 Å². The highest BCUT2D eigenvalue weighted by atomic mass is 16.2. The SMILES string of the molecule is C=CCCNC(=O)C(=O)C(CCC=C)NC(=O)C1C2C(CN1C(=O)C(N)C(C)(C)C)C2(C)C. The summed E-state index contributed by atoms with van der Waals surface area (Å²) in [5.74, 6) is -1.93. The average molecular weight is 461 g/mol. The Morgan fingerprint density at radius 1 is 1.15 bits per heavy atom. The van der Waals surface area contributed by atoms with Crippen molar-refractivity contribution in [1.29, 1.82) is 0 Å². The first kappa shape index (κ1) is 26.8. The number of Topliss-reactive ketones (excluding diaryl/α,β-unsaturated/α-hetero) is 1. The van der Waals surface area contributed by atoms with Gasteiger partial charge in [0.2, 0.25) is 17.6 Å². The lowest BCUT2D eigenvalue weighted by molar-refractivity contribution is -0.144. The van der Waals surface area contributed by atoms with Crippen LogP contribution in [-0.4, -0.2) is 59.6 Å². The Morgan fingerprint density at radius 2 is 1.76 bits per heavy atom. The van der Waals surface area contributed by atoms with Gasteiger partial charge in [-0.1, -0.05) is 46.8 Å². The van der Waals surface area contributed by atoms with E-state index in [0.29, 0.717) is 25.9 Å². The molecule has 5 atom stereocenters. The number of piperidine rings is 1. The van der Waals surface area contributed by atoms with Gasteiger partial charge in [-0.05, 0) is 41.9 Å². The zero-order valence-corrected chi connectivity index (χ0v) is 20.6. The maximum Gasteiger partial charge on any atom is 0.289 e. The van der Waals surface area contributed by atoms with Gasteiger partial charge in [-0.2, -0.15) is 0 Å². The van der Waals surface area contributed by atoms with Crippen molar-refractivity contribution in [3.8, 4) is 0 Å². The molecule has 3 amide bonds. The molecule has 2 fully saturated rings. The van der Waals surface area contributed by atoms with Crippen molar-refractivity contribution in [2.45, 2.75) is 72.0 Å². The van der Waals surface area contributed by atoms with E-state index in [1.54, 1.807) is 17.1 Å². The fourth-order valence-electron chi connectivity index (χ4n) is 4.71. The van der Waals surface area contributed by atoms with E-state index < -0.39 is 41.1 Å². The lowest BCUT2D eigenvalue weighted by Gasteiger charge is -2.36. The van der Waals surface area contributed by atoms with Crippen LogP contribution in [0.25, 0.3) is 0 Å². The Bertz CT molecular complexity index is 814. The van der Waals surface area contributed by atoms with Crippen molar-refractivity contribution in [1.82, 2.24) is 15.5 Å². The Hall–Kier alpha value is -2.48. The molecule has 8 nitrogen and oxygen atoms in total. The van der Waals surface area contributed by atoms with Crippen LogP contribution < -0.4 is 16.4 Å². The van der Waals surface area contributed by atoms with Crippen LogP contribution in [0.2, 0.25) is 0 Å². The highest BCUT2D eigenvalue weighted by Crippen LogP contribution is 2.65. The van der Waals surface area contributed by atoms with E-state index in [-0.39, 0.29) is 29.6 Å². The minimum atomic E-state index is -0.992. The third-order valence-corrected chi connectivity index (χ3v) is 7.11. The molecule has 8 heteroatoms. The molecule has 0 spiro atoms. The van der Waals surface area contributed by atoms with E-state index in [1.807, 2.05) is 20.8 Å². The average Bonchev–Trinajstić information content (AvgIpc) is 3.08. The first-order chi connectivity index (χ1) is 15.3. The monoisotopic (exact) mass is 460 g/mol. The van der Waals surface area contributed by atoms with Crippen LogP contribution in [0.15, 0.2) is 25.3 Å². The van der Waals surface area contributed by atoms with Crippen LogP contribution >= 0.6 is 0 Å². The maximum absolute atomic E-state index is 13.4. The van der Waals surface area contributed by atoms with Crippen LogP contribution in [0.5, 0.6) is 0 Å². The molecule has 2 aliphatic rings. The second-order valence-corrected chi connectivity index (χ2v) is 10.9. The number of nitrogens with one attached hydrogen (secondary N) is 2. The number of carbonyl (C=O) groups is 4. The summed E-state index contributed by atoms with van der Waals surface area (Å²) in [4.78, 5) is 53.3. The molecule has 1 heterocycles. The fourth-order valence-corrected chi connectivity index (χ4v) is 4.71. The minimum absolute atomic E-state index is 0.00908. The summed E-state index contributed by atoms with van der Waals surface area (Å²) in [6, 6.07) is -2.45. The van der Waals surface area contributed by atoms with E-state index in [0.717, 1.165) is 0 Å². The van der Waals surface area contributed by atoms with Crippen LogP contribution in [0.1, 0.15) is 53.9 Å². The van der Waals surface area contributed by atoms with Crippen molar-refractivity contribution < 1.29 is 19.2 Å². The Balaban J connectivity index is 2.21. The van der Waals surface area contributed by atoms with Gasteiger partial charge in [0.05, 0.1) is 12.1 Å². The molecule has 0 aromatic rings. The fraction of sp³-hybridized carbons (Fsp3) is 0.680. The number of fused-ring (bicyclic) bond motifs is 1. The highest BCUT2D eigenvalue weighted by Gasteiger charge is 2.69. The largest absolute Gasteiger partial charge is 0.349 e. The summed E-state index contributed by atoms with van der Waals surface area (Å²) in [5, 5.41) is 5.32. The first-order valence-electron chi connectivity index (χ1n) is 11.7. The molecule has 0 aromatic carbocycles. The maximum atomic E-state index is 13.4. The number of allylic oxidation sites excluding steroid dienone is 1. The molecule has 0 radical (unpaired) electrons. The summed E-state index contributed by atoms with van der Waals surface area (Å²) in [6.45, 7) is 17.9. The number of nitrogens with two attached hydrogens (primary N) is 1. The van der Waals surface area contributed by atoms with Gasteiger partial charge in [-0.25, -0.2) is 0 Å². The summed E-state index contributed by atoms with van der Waals surface area (Å²) < 4.78 is 0. The lowest BCUT2D eigenvalue weighted by Crippen LogP contribution is -2.59. The molecule has 2 rings (SSSR count). The summed E-state index contributed by atoms with van der Waals surface area (Å²) >= 11 is 0. The molecular formula is C25H40N4O4. The van der Waals surface area contributed by atoms with Gasteiger partial charge >= 0.3 is 0 Å². The number of likely N-dealkylation sites (tertiary alicyclic amines) is 1. The quantitative estimate of drug-likeness (QED) is 0.245. The van der Waals surface area contributed by atoms with Crippen LogP contribution in [0.4, 0.5) is 0 Å². The molecule has 33 heavy (non-hydrogen) atoms. The Morgan fingerprint density at radius 3 is 2.30 bits per heavy atom. The number of carbonyl (C=O) groups excluding carboxylic acids is 4. The number of hydrogen-bond donors (Lipinski definition) is 3. The molecule has 1 aliphatic heterocycles. The van der Waals surface area contributed by atoms with E-state index in [2.05, 4.69) is 37.6 Å². The van der Waals surface area contributed by atoms with E-state index >= 15 is 0 Å². The van der Waals surface area contributed by atoms with Crippen molar-refractivity contribution in [3.05, 3.63) is 25.3 Å². The van der Waals surface area contributed by atoms with Gasteiger partial charge in [-0.15, -0.1) is 13.2 Å². The molecule has 1 saturated carbocycles. The molecule has 5 unspecified atom stereocenters. The standard InChI is InChI=1S/C25H40N4O4/c1-8-10-12-16(19(30)22(32)27-13-11-9-2)28-21(31)18-17-15(25(17,6)7)14-29(18)23(33)20(26)24(3,4)5/h8-9,15-18,20H,1-2,10-14,26H2,3-7H3,(H,27,32)(H,28,31). The minimum Gasteiger partial charge on any atom is -0.349 e. The Labute approximate surface area is 197 Å². The summed E-state index contributed by atoms with van der Waals surface area (Å²) in [6.07, 6.45) is 4.52. The zero-order chi connectivity index (χ0) is 25.1. The number of ketones is 1. The topological polar surface area (TPSA) is 122 Å². The molecule has 184 valence electrons. The predicted octanol–water partition coefficient (Wildman–Crippen LogP) is 1.56. The van der Waals surface area contributed by atoms with Crippen LogP contribution in [-0.2, 0) is 19.2 Å². The van der Waals surface area contributed by atoms with Gasteiger partial charge in [0.1, 0.15) is 6.04 Å². The number of hydrogen-bond acceptors (Lipinski definition) is 5. The van der Waals surface area contributed by atoms with Gasteiger partial charge in [0.15, 0.2) is 0 Å². The third kappa shape index (κ3) is 5.72. The van der Waals surface area contributed by atoms with Gasteiger partial charge in [0.25, 0.3) is 5.91 Å². The number of amides is 3. The summed E-state index contributed by atoms with van der Waals surface area (Å²) in [5.41, 5.74) is 5.70. The molecule has 1 aliphatic carbocycles. The molecule has 4 N–H and O–H groups in total. The second-order valence-electron chi connectivity index (χ2n) is 10.9. The second kappa shape index (κ2) is 10.2. The smallest absolute Gasteiger partial charge is 0.289 e. The predicted molar refractivity (Wildman–Crippen MR) is 128 cm³/mol. The molecule has 0 aromatic heterocycles. The highest BCUT2D eigenvalue weighted by molar-refractivity contribution is 6.38.